The summed E-state index contributed by atoms with van der Waals surface area (Å²) in [5.41, 5.74) is 9.30. The number of nitrogens with two attached hydrogens (primary N) is 1. The van der Waals surface area contributed by atoms with E-state index >= 15 is 0 Å². The first kappa shape index (κ1) is 14.8. The van der Waals surface area contributed by atoms with Crippen molar-refractivity contribution in [3.8, 4) is 5.75 Å². The highest BCUT2D eigenvalue weighted by Crippen LogP contribution is 2.24. The van der Waals surface area contributed by atoms with Gasteiger partial charge in [0, 0.05) is 30.1 Å². The molecule has 0 heterocycles. The molecule has 0 atom stereocenters. The summed E-state index contributed by atoms with van der Waals surface area (Å²) in [6.07, 6.45) is 9.75. The first-order valence-corrected chi connectivity index (χ1v) is 7.73. The Bertz CT molecular complexity index is 454. The maximum Gasteiger partial charge on any atom is 0.123 e. The Morgan fingerprint density at radius 3 is 2.90 bits per heavy atom. The van der Waals surface area contributed by atoms with Crippen molar-refractivity contribution in [1.29, 1.82) is 0 Å². The molecular weight excluding hydrogens is 248 g/mol. The zero-order valence-electron chi connectivity index (χ0n) is 12.5. The summed E-state index contributed by atoms with van der Waals surface area (Å²) in [4.78, 5) is 0. The average molecular weight is 274 g/mol. The molecule has 110 valence electrons. The highest BCUT2D eigenvalue weighted by molar-refractivity contribution is 5.59. The highest BCUT2D eigenvalue weighted by Gasteiger charge is 2.04. The summed E-state index contributed by atoms with van der Waals surface area (Å²) < 4.78 is 5.64. The van der Waals surface area contributed by atoms with Crippen molar-refractivity contribution in [3.05, 3.63) is 29.8 Å². The van der Waals surface area contributed by atoms with Gasteiger partial charge < -0.3 is 15.8 Å². The number of benzene rings is 1. The van der Waals surface area contributed by atoms with Crippen LogP contribution in [-0.2, 0) is 0 Å². The summed E-state index contributed by atoms with van der Waals surface area (Å²) in [6, 6.07) is 5.87. The van der Waals surface area contributed by atoms with Gasteiger partial charge in [-0.15, -0.1) is 0 Å². The number of rotatable bonds is 7. The second-order valence-corrected chi connectivity index (χ2v) is 5.42. The van der Waals surface area contributed by atoms with Crippen LogP contribution in [0, 0.1) is 0 Å². The van der Waals surface area contributed by atoms with E-state index in [1.807, 2.05) is 18.2 Å². The van der Waals surface area contributed by atoms with Crippen LogP contribution in [0.3, 0.4) is 0 Å². The lowest BCUT2D eigenvalue weighted by molar-refractivity contribution is 0.318. The van der Waals surface area contributed by atoms with Crippen LogP contribution in [0.4, 0.5) is 11.4 Å². The maximum absolute atomic E-state index is 5.91. The summed E-state index contributed by atoms with van der Waals surface area (Å²) in [7, 11) is 0. The van der Waals surface area contributed by atoms with Crippen molar-refractivity contribution in [2.45, 2.75) is 45.4 Å². The fourth-order valence-electron chi connectivity index (χ4n) is 2.53. The van der Waals surface area contributed by atoms with Gasteiger partial charge in [-0.05, 0) is 44.6 Å². The molecule has 3 nitrogen and oxygen atoms in total. The van der Waals surface area contributed by atoms with Gasteiger partial charge in [0.25, 0.3) is 0 Å². The van der Waals surface area contributed by atoms with Crippen LogP contribution in [0.15, 0.2) is 29.8 Å². The molecule has 0 bridgehead atoms. The summed E-state index contributed by atoms with van der Waals surface area (Å²) in [5, 5.41) is 3.45. The predicted octanol–water partition coefficient (Wildman–Crippen LogP) is 4.36. The van der Waals surface area contributed by atoms with E-state index in [-0.39, 0.29) is 0 Å². The number of ether oxygens (including phenoxy) is 1. The van der Waals surface area contributed by atoms with E-state index < -0.39 is 0 Å². The molecule has 0 aliphatic heterocycles. The van der Waals surface area contributed by atoms with E-state index in [1.54, 1.807) is 5.57 Å². The third-order valence-electron chi connectivity index (χ3n) is 3.56. The maximum atomic E-state index is 5.91. The molecule has 0 radical (unpaired) electrons. The molecular formula is C17H26N2O. The first-order valence-electron chi connectivity index (χ1n) is 7.73. The standard InChI is InChI=1S/C17H26N2O/c1-2-10-20-17-12-15(18)11-16(13-17)19-9-8-14-6-4-3-5-7-14/h6,11-13,19H,2-5,7-10,18H2,1H3. The number of anilines is 2. The largest absolute Gasteiger partial charge is 0.493 e. The minimum Gasteiger partial charge on any atom is -0.493 e. The molecule has 0 amide bonds. The van der Waals surface area contributed by atoms with Gasteiger partial charge in [0.1, 0.15) is 5.75 Å². The third kappa shape index (κ3) is 4.80. The first-order chi connectivity index (χ1) is 9.78. The molecule has 1 aromatic rings. The average Bonchev–Trinajstić information content (AvgIpc) is 2.46. The van der Waals surface area contributed by atoms with Gasteiger partial charge in [-0.1, -0.05) is 18.6 Å². The zero-order valence-corrected chi connectivity index (χ0v) is 12.5. The lowest BCUT2D eigenvalue weighted by Gasteiger charge is -2.14. The normalized spacial score (nSPS) is 14.8. The molecule has 0 saturated heterocycles. The Morgan fingerprint density at radius 1 is 1.25 bits per heavy atom. The van der Waals surface area contributed by atoms with Gasteiger partial charge in [-0.3, -0.25) is 0 Å². The number of hydrogen-bond donors (Lipinski definition) is 2. The van der Waals surface area contributed by atoms with E-state index in [0.29, 0.717) is 0 Å². The molecule has 0 spiro atoms. The van der Waals surface area contributed by atoms with Gasteiger partial charge >= 0.3 is 0 Å². The monoisotopic (exact) mass is 274 g/mol. The molecule has 0 fully saturated rings. The van der Waals surface area contributed by atoms with Gasteiger partial charge in [-0.25, -0.2) is 0 Å². The smallest absolute Gasteiger partial charge is 0.123 e. The summed E-state index contributed by atoms with van der Waals surface area (Å²) in [6.45, 7) is 3.79. The summed E-state index contributed by atoms with van der Waals surface area (Å²) >= 11 is 0. The van der Waals surface area contributed by atoms with E-state index in [4.69, 9.17) is 10.5 Å². The Balaban J connectivity index is 1.85. The van der Waals surface area contributed by atoms with Crippen molar-refractivity contribution in [2.24, 2.45) is 0 Å². The fourth-order valence-corrected chi connectivity index (χ4v) is 2.53. The molecule has 0 saturated carbocycles. The molecule has 20 heavy (non-hydrogen) atoms. The van der Waals surface area contributed by atoms with Gasteiger partial charge in [0.2, 0.25) is 0 Å². The van der Waals surface area contributed by atoms with Crippen LogP contribution in [-0.4, -0.2) is 13.2 Å². The fraction of sp³-hybridized carbons (Fsp3) is 0.529. The van der Waals surface area contributed by atoms with Crippen molar-refractivity contribution in [1.82, 2.24) is 0 Å². The second-order valence-electron chi connectivity index (χ2n) is 5.42. The molecule has 0 unspecified atom stereocenters. The van der Waals surface area contributed by atoms with Crippen molar-refractivity contribution < 1.29 is 4.74 Å². The van der Waals surface area contributed by atoms with E-state index in [0.717, 1.165) is 43.1 Å². The molecule has 0 aromatic heterocycles. The SMILES string of the molecule is CCCOc1cc(N)cc(NCCC2=CCCCC2)c1. The Kier molecular flexibility index (Phi) is 5.78. The van der Waals surface area contributed by atoms with Crippen LogP contribution in [0.5, 0.6) is 5.75 Å². The Labute approximate surface area is 122 Å². The third-order valence-corrected chi connectivity index (χ3v) is 3.56. The Hall–Kier alpha value is -1.64. The van der Waals surface area contributed by atoms with Crippen LogP contribution in [0.2, 0.25) is 0 Å². The van der Waals surface area contributed by atoms with Gasteiger partial charge in [0.15, 0.2) is 0 Å². The quantitative estimate of drug-likeness (QED) is 0.573. The zero-order chi connectivity index (χ0) is 14.2. The lowest BCUT2D eigenvalue weighted by atomic mass is 9.97. The highest BCUT2D eigenvalue weighted by atomic mass is 16.5. The topological polar surface area (TPSA) is 47.3 Å². The van der Waals surface area contributed by atoms with Crippen LogP contribution in [0.25, 0.3) is 0 Å². The van der Waals surface area contributed by atoms with E-state index in [1.165, 1.54) is 25.7 Å². The molecule has 3 heteroatoms. The molecule has 2 rings (SSSR count). The second kappa shape index (κ2) is 7.83. The number of allylic oxidation sites excluding steroid dienone is 1. The van der Waals surface area contributed by atoms with Crippen LogP contribution >= 0.6 is 0 Å². The van der Waals surface area contributed by atoms with Gasteiger partial charge in [-0.2, -0.15) is 0 Å². The Morgan fingerprint density at radius 2 is 2.15 bits per heavy atom. The lowest BCUT2D eigenvalue weighted by Crippen LogP contribution is -2.05. The van der Waals surface area contributed by atoms with Crippen LogP contribution < -0.4 is 15.8 Å². The molecule has 1 aliphatic carbocycles. The summed E-state index contributed by atoms with van der Waals surface area (Å²) in [5.74, 6) is 0.853. The molecule has 3 N–H and O–H groups in total. The van der Waals surface area contributed by atoms with Crippen molar-refractivity contribution in [2.75, 3.05) is 24.2 Å². The molecule has 1 aliphatic rings. The van der Waals surface area contributed by atoms with Gasteiger partial charge in [0.05, 0.1) is 6.61 Å². The number of nitrogens with one attached hydrogen (secondary N) is 1. The minimum absolute atomic E-state index is 0.732. The van der Waals surface area contributed by atoms with Crippen molar-refractivity contribution in [3.63, 3.8) is 0 Å². The predicted molar refractivity (Wildman–Crippen MR) is 86.3 cm³/mol. The van der Waals surface area contributed by atoms with Crippen LogP contribution in [0.1, 0.15) is 45.4 Å². The number of nitrogen functional groups attached to an aromatic ring is 1. The van der Waals surface area contributed by atoms with E-state index in [9.17, 15) is 0 Å². The van der Waals surface area contributed by atoms with E-state index in [2.05, 4.69) is 18.3 Å². The van der Waals surface area contributed by atoms with Crippen molar-refractivity contribution >= 4 is 11.4 Å². The molecule has 1 aromatic carbocycles. The minimum atomic E-state index is 0.732. The number of hydrogen-bond acceptors (Lipinski definition) is 3.